The molecule has 40 valence electrons. The van der Waals surface area contributed by atoms with Gasteiger partial charge in [-0.05, 0) is 13.3 Å². The second-order valence-corrected chi connectivity index (χ2v) is 2.30. The van der Waals surface area contributed by atoms with Crippen LogP contribution >= 0.6 is 15.9 Å². The van der Waals surface area contributed by atoms with Gasteiger partial charge in [0.1, 0.15) is 0 Å². The molecule has 0 spiro atoms. The summed E-state index contributed by atoms with van der Waals surface area (Å²) in [6.07, 6.45) is 0.955. The highest BCUT2D eigenvalue weighted by atomic mass is 79.9. The van der Waals surface area contributed by atoms with Crippen molar-refractivity contribution in [3.05, 3.63) is 0 Å². The fourth-order valence-corrected chi connectivity index (χ4v) is 0.915. The summed E-state index contributed by atoms with van der Waals surface area (Å²) in [5, 5.41) is 9.13. The van der Waals surface area contributed by atoms with Crippen LogP contribution in [0.3, 0.4) is 0 Å². The van der Waals surface area contributed by atoms with Crippen molar-refractivity contribution in [2.75, 3.05) is 5.33 Å². The summed E-state index contributed by atoms with van der Waals surface area (Å²) in [4.78, 5) is 0. The Labute approximate surface area is 52.5 Å². The van der Waals surface area contributed by atoms with Crippen molar-refractivity contribution in [2.45, 2.75) is 13.3 Å². The molecule has 0 saturated heterocycles. The molecule has 0 N–H and O–H groups in total. The van der Waals surface area contributed by atoms with E-state index in [1.54, 1.807) is 0 Å². The number of hydrogen-bond acceptors (Lipinski definition) is 1. The molecule has 1 atom stereocenters. The van der Waals surface area contributed by atoms with Gasteiger partial charge in [0, 0.05) is 11.2 Å². The van der Waals surface area contributed by atoms with Crippen molar-refractivity contribution in [3.8, 4) is 6.07 Å². The SMILES string of the molecule is CC(C#N)CCBr. The standard InChI is InChI=1S/C5H8BrN/c1-5(4-7)2-3-6/h5H,2-3H2,1H3. The van der Waals surface area contributed by atoms with Gasteiger partial charge >= 0.3 is 0 Å². The minimum atomic E-state index is 0.208. The van der Waals surface area contributed by atoms with E-state index in [9.17, 15) is 0 Å². The van der Waals surface area contributed by atoms with Crippen LogP contribution in [-0.2, 0) is 0 Å². The normalized spacial score (nSPS) is 12.7. The first-order chi connectivity index (χ1) is 3.31. The summed E-state index contributed by atoms with van der Waals surface area (Å²) in [5.74, 6) is 0.208. The van der Waals surface area contributed by atoms with Gasteiger partial charge in [-0.3, -0.25) is 0 Å². The smallest absolute Gasteiger partial charge is 0.0653 e. The fraction of sp³-hybridized carbons (Fsp3) is 0.800. The van der Waals surface area contributed by atoms with E-state index in [0.29, 0.717) is 0 Å². The van der Waals surface area contributed by atoms with Crippen molar-refractivity contribution >= 4 is 15.9 Å². The maximum atomic E-state index is 8.20. The van der Waals surface area contributed by atoms with Crippen LogP contribution in [0.1, 0.15) is 13.3 Å². The maximum absolute atomic E-state index is 8.20. The van der Waals surface area contributed by atoms with Gasteiger partial charge in [-0.1, -0.05) is 15.9 Å². The molecule has 0 amide bonds. The monoisotopic (exact) mass is 161 g/mol. The topological polar surface area (TPSA) is 23.8 Å². The Kier molecular flexibility index (Phi) is 4.12. The molecule has 7 heavy (non-hydrogen) atoms. The van der Waals surface area contributed by atoms with Crippen LogP contribution in [0.15, 0.2) is 0 Å². The average Bonchev–Trinajstić information content (AvgIpc) is 1.68. The molecule has 0 aromatic rings. The summed E-state index contributed by atoms with van der Waals surface area (Å²) >= 11 is 3.24. The van der Waals surface area contributed by atoms with Crippen molar-refractivity contribution in [1.82, 2.24) is 0 Å². The molecule has 0 fully saturated rings. The first kappa shape index (κ1) is 6.97. The van der Waals surface area contributed by atoms with Gasteiger partial charge in [-0.15, -0.1) is 0 Å². The Bertz CT molecular complexity index is 74.6. The average molecular weight is 162 g/mol. The molecule has 0 aliphatic heterocycles. The van der Waals surface area contributed by atoms with E-state index < -0.39 is 0 Å². The maximum Gasteiger partial charge on any atom is 0.0653 e. The molecule has 0 aromatic carbocycles. The summed E-state index contributed by atoms with van der Waals surface area (Å²) in [5.41, 5.74) is 0. The van der Waals surface area contributed by atoms with Gasteiger partial charge in [0.2, 0.25) is 0 Å². The highest BCUT2D eigenvalue weighted by Crippen LogP contribution is 2.00. The summed E-state index contributed by atoms with van der Waals surface area (Å²) in [6, 6.07) is 2.14. The van der Waals surface area contributed by atoms with Crippen LogP contribution in [0.5, 0.6) is 0 Å². The Balaban J connectivity index is 3.04. The Morgan fingerprint density at radius 2 is 2.43 bits per heavy atom. The van der Waals surface area contributed by atoms with Crippen molar-refractivity contribution in [3.63, 3.8) is 0 Å². The Morgan fingerprint density at radius 3 is 2.57 bits per heavy atom. The summed E-state index contributed by atoms with van der Waals surface area (Å²) in [7, 11) is 0. The first-order valence-electron chi connectivity index (χ1n) is 2.27. The Morgan fingerprint density at radius 1 is 1.86 bits per heavy atom. The van der Waals surface area contributed by atoms with Crippen molar-refractivity contribution < 1.29 is 0 Å². The predicted molar refractivity (Wildman–Crippen MR) is 33.2 cm³/mol. The summed E-state index contributed by atoms with van der Waals surface area (Å²) < 4.78 is 0. The van der Waals surface area contributed by atoms with E-state index in [-0.39, 0.29) is 5.92 Å². The zero-order valence-electron chi connectivity index (χ0n) is 4.32. The van der Waals surface area contributed by atoms with E-state index in [0.717, 1.165) is 11.8 Å². The third-order valence-corrected chi connectivity index (χ3v) is 1.22. The number of alkyl halides is 1. The molecule has 0 aliphatic rings. The molecule has 0 bridgehead atoms. The van der Waals surface area contributed by atoms with Crippen molar-refractivity contribution in [2.24, 2.45) is 5.92 Å². The zero-order chi connectivity index (χ0) is 5.70. The third-order valence-electron chi connectivity index (χ3n) is 0.763. The van der Waals surface area contributed by atoms with Crippen LogP contribution in [0.25, 0.3) is 0 Å². The lowest BCUT2D eigenvalue weighted by Gasteiger charge is -1.91. The van der Waals surface area contributed by atoms with Crippen LogP contribution in [0.2, 0.25) is 0 Å². The highest BCUT2D eigenvalue weighted by molar-refractivity contribution is 9.09. The molecule has 1 nitrogen and oxygen atoms in total. The minimum Gasteiger partial charge on any atom is -0.198 e. The predicted octanol–water partition coefficient (Wildman–Crippen LogP) is 1.93. The second kappa shape index (κ2) is 4.14. The van der Waals surface area contributed by atoms with Gasteiger partial charge < -0.3 is 0 Å². The molecule has 0 saturated carbocycles. The van der Waals surface area contributed by atoms with Gasteiger partial charge in [0.05, 0.1) is 6.07 Å². The number of halogens is 1. The Hall–Kier alpha value is -0.0300. The van der Waals surface area contributed by atoms with E-state index in [1.165, 1.54) is 0 Å². The lowest BCUT2D eigenvalue weighted by molar-refractivity contribution is 0.723. The zero-order valence-corrected chi connectivity index (χ0v) is 5.90. The molecule has 0 aliphatic carbocycles. The van der Waals surface area contributed by atoms with E-state index in [1.807, 2.05) is 6.92 Å². The van der Waals surface area contributed by atoms with E-state index in [2.05, 4.69) is 22.0 Å². The molecule has 0 rings (SSSR count). The van der Waals surface area contributed by atoms with Crippen LogP contribution in [0, 0.1) is 17.2 Å². The quantitative estimate of drug-likeness (QED) is 0.569. The molecule has 1 unspecified atom stereocenters. The van der Waals surface area contributed by atoms with Gasteiger partial charge in [-0.25, -0.2) is 0 Å². The molecule has 0 heterocycles. The van der Waals surface area contributed by atoms with E-state index >= 15 is 0 Å². The van der Waals surface area contributed by atoms with Gasteiger partial charge in [0.15, 0.2) is 0 Å². The number of hydrogen-bond donors (Lipinski definition) is 0. The van der Waals surface area contributed by atoms with Crippen LogP contribution in [0.4, 0.5) is 0 Å². The molecule has 2 heteroatoms. The van der Waals surface area contributed by atoms with E-state index in [4.69, 9.17) is 5.26 Å². The molecule has 0 radical (unpaired) electrons. The van der Waals surface area contributed by atoms with Crippen molar-refractivity contribution in [1.29, 1.82) is 5.26 Å². The molecular weight excluding hydrogens is 154 g/mol. The third kappa shape index (κ3) is 3.81. The fourth-order valence-electron chi connectivity index (χ4n) is 0.228. The molecule has 0 aromatic heterocycles. The second-order valence-electron chi connectivity index (χ2n) is 1.51. The lowest BCUT2D eigenvalue weighted by atomic mass is 10.2. The number of nitriles is 1. The first-order valence-corrected chi connectivity index (χ1v) is 3.39. The van der Waals surface area contributed by atoms with Crippen LogP contribution in [-0.4, -0.2) is 5.33 Å². The summed E-state index contributed by atoms with van der Waals surface area (Å²) in [6.45, 7) is 1.92. The molecular formula is C5H8BrN. The number of rotatable bonds is 2. The van der Waals surface area contributed by atoms with Gasteiger partial charge in [-0.2, -0.15) is 5.26 Å². The largest absolute Gasteiger partial charge is 0.198 e. The van der Waals surface area contributed by atoms with Gasteiger partial charge in [0.25, 0.3) is 0 Å². The lowest BCUT2D eigenvalue weighted by Crippen LogP contribution is -1.88. The van der Waals surface area contributed by atoms with Crippen LogP contribution < -0.4 is 0 Å². The highest BCUT2D eigenvalue weighted by Gasteiger charge is 1.93. The minimum absolute atomic E-state index is 0.208. The number of nitrogens with zero attached hydrogens (tertiary/aromatic N) is 1.